The number of alkyl halides is 3. The van der Waals surface area contributed by atoms with E-state index in [2.05, 4.69) is 4.42 Å². The highest BCUT2D eigenvalue weighted by Gasteiger charge is 2.35. The van der Waals surface area contributed by atoms with E-state index in [1.54, 1.807) is 0 Å². The second kappa shape index (κ2) is 4.05. The van der Waals surface area contributed by atoms with E-state index < -0.39 is 18.0 Å². The molecule has 1 atom stereocenters. The van der Waals surface area contributed by atoms with Crippen molar-refractivity contribution in [3.63, 3.8) is 0 Å². The Morgan fingerprint density at radius 3 is 2.59 bits per heavy atom. The minimum absolute atomic E-state index is 0.145. The SMILES string of the molecule is NC(CO)c1ccc2oc(C(F)(F)F)cc2c1. The second-order valence-electron chi connectivity index (χ2n) is 3.69. The van der Waals surface area contributed by atoms with Gasteiger partial charge in [0.15, 0.2) is 0 Å². The van der Waals surface area contributed by atoms with Gasteiger partial charge in [0.05, 0.1) is 12.6 Å². The molecular formula is C11H10F3NO2. The average Bonchev–Trinajstić information content (AvgIpc) is 2.70. The molecule has 0 aliphatic heterocycles. The molecule has 3 N–H and O–H groups in total. The van der Waals surface area contributed by atoms with E-state index in [9.17, 15) is 13.2 Å². The fourth-order valence-corrected chi connectivity index (χ4v) is 1.54. The van der Waals surface area contributed by atoms with Gasteiger partial charge in [-0.2, -0.15) is 13.2 Å². The molecule has 0 fully saturated rings. The summed E-state index contributed by atoms with van der Waals surface area (Å²) in [6.45, 7) is -0.268. The van der Waals surface area contributed by atoms with E-state index in [1.807, 2.05) is 0 Å². The first-order valence-electron chi connectivity index (χ1n) is 4.89. The molecule has 0 bridgehead atoms. The first-order chi connectivity index (χ1) is 7.91. The van der Waals surface area contributed by atoms with Crippen molar-refractivity contribution >= 4 is 11.0 Å². The number of halogens is 3. The molecule has 0 aliphatic carbocycles. The second-order valence-corrected chi connectivity index (χ2v) is 3.69. The predicted molar refractivity (Wildman–Crippen MR) is 55.2 cm³/mol. The number of fused-ring (bicyclic) bond motifs is 1. The van der Waals surface area contributed by atoms with Crippen LogP contribution in [0.5, 0.6) is 0 Å². The molecule has 2 aromatic rings. The Kier molecular flexibility index (Phi) is 2.84. The summed E-state index contributed by atoms with van der Waals surface area (Å²) in [4.78, 5) is 0. The smallest absolute Gasteiger partial charge is 0.449 e. The first kappa shape index (κ1) is 11.9. The monoisotopic (exact) mass is 245 g/mol. The van der Waals surface area contributed by atoms with Gasteiger partial charge in [-0.1, -0.05) is 6.07 Å². The third-order valence-corrected chi connectivity index (χ3v) is 2.44. The number of hydrogen-bond acceptors (Lipinski definition) is 3. The van der Waals surface area contributed by atoms with Crippen LogP contribution in [0, 0.1) is 0 Å². The highest BCUT2D eigenvalue weighted by molar-refractivity contribution is 5.79. The summed E-state index contributed by atoms with van der Waals surface area (Å²) in [6.07, 6.45) is -4.50. The molecule has 0 aliphatic rings. The van der Waals surface area contributed by atoms with Crippen LogP contribution in [-0.2, 0) is 6.18 Å². The molecule has 2 rings (SSSR count). The molecule has 0 amide bonds. The minimum atomic E-state index is -4.50. The van der Waals surface area contributed by atoms with Gasteiger partial charge < -0.3 is 15.3 Å². The summed E-state index contributed by atoms with van der Waals surface area (Å²) in [5, 5.41) is 9.18. The molecule has 0 radical (unpaired) electrons. The Bertz CT molecular complexity index is 533. The van der Waals surface area contributed by atoms with Gasteiger partial charge >= 0.3 is 6.18 Å². The van der Waals surface area contributed by atoms with Gasteiger partial charge in [0.2, 0.25) is 5.76 Å². The van der Waals surface area contributed by atoms with Crippen LogP contribution in [-0.4, -0.2) is 11.7 Å². The zero-order chi connectivity index (χ0) is 12.6. The van der Waals surface area contributed by atoms with Crippen molar-refractivity contribution in [3.05, 3.63) is 35.6 Å². The van der Waals surface area contributed by atoms with E-state index in [1.165, 1.54) is 18.2 Å². The van der Waals surface area contributed by atoms with Gasteiger partial charge in [0, 0.05) is 5.39 Å². The summed E-state index contributed by atoms with van der Waals surface area (Å²) in [5.74, 6) is -1.04. The quantitative estimate of drug-likeness (QED) is 0.854. The topological polar surface area (TPSA) is 59.4 Å². The van der Waals surface area contributed by atoms with E-state index in [4.69, 9.17) is 10.8 Å². The lowest BCUT2D eigenvalue weighted by molar-refractivity contribution is -0.152. The van der Waals surface area contributed by atoms with Crippen molar-refractivity contribution < 1.29 is 22.7 Å². The standard InChI is InChI=1S/C11H10F3NO2/c12-11(13,14)10-4-7-3-6(8(15)5-16)1-2-9(7)17-10/h1-4,8,16H,5,15H2. The number of aliphatic hydroxyl groups excluding tert-OH is 1. The highest BCUT2D eigenvalue weighted by atomic mass is 19.4. The number of rotatable bonds is 2. The van der Waals surface area contributed by atoms with Crippen LogP contribution < -0.4 is 5.73 Å². The lowest BCUT2D eigenvalue weighted by atomic mass is 10.1. The summed E-state index contributed by atoms with van der Waals surface area (Å²) in [6, 6.07) is 4.74. The fraction of sp³-hybridized carbons (Fsp3) is 0.273. The third kappa shape index (κ3) is 2.27. The number of aliphatic hydroxyl groups is 1. The van der Waals surface area contributed by atoms with E-state index in [0.717, 1.165) is 6.07 Å². The van der Waals surface area contributed by atoms with E-state index >= 15 is 0 Å². The van der Waals surface area contributed by atoms with Gasteiger partial charge in [0.25, 0.3) is 0 Å². The molecule has 92 valence electrons. The van der Waals surface area contributed by atoms with Crippen LogP contribution >= 0.6 is 0 Å². The normalized spacial score (nSPS) is 14.2. The average molecular weight is 245 g/mol. The summed E-state index contributed by atoms with van der Waals surface area (Å²) < 4.78 is 41.9. The Hall–Kier alpha value is -1.53. The van der Waals surface area contributed by atoms with Gasteiger partial charge in [0.1, 0.15) is 5.58 Å². The molecule has 1 heterocycles. The molecule has 6 heteroatoms. The summed E-state index contributed by atoms with van der Waals surface area (Å²) >= 11 is 0. The van der Waals surface area contributed by atoms with Crippen molar-refractivity contribution in [3.8, 4) is 0 Å². The number of benzene rings is 1. The van der Waals surface area contributed by atoms with Crippen LogP contribution in [0.4, 0.5) is 13.2 Å². The van der Waals surface area contributed by atoms with Crippen LogP contribution in [0.3, 0.4) is 0 Å². The Balaban J connectivity index is 2.48. The number of furan rings is 1. The first-order valence-corrected chi connectivity index (χ1v) is 4.89. The maximum absolute atomic E-state index is 12.4. The zero-order valence-electron chi connectivity index (χ0n) is 8.66. The van der Waals surface area contributed by atoms with Gasteiger partial charge in [-0.15, -0.1) is 0 Å². The molecule has 1 aromatic carbocycles. The van der Waals surface area contributed by atoms with Crippen molar-refractivity contribution in [2.75, 3.05) is 6.61 Å². The van der Waals surface area contributed by atoms with Crippen molar-refractivity contribution in [1.29, 1.82) is 0 Å². The Morgan fingerprint density at radius 2 is 2.00 bits per heavy atom. The largest absolute Gasteiger partial charge is 0.452 e. The van der Waals surface area contributed by atoms with Crippen LogP contribution in [0.1, 0.15) is 17.4 Å². The molecule has 1 unspecified atom stereocenters. The highest BCUT2D eigenvalue weighted by Crippen LogP contribution is 2.34. The van der Waals surface area contributed by atoms with Crippen LogP contribution in [0.25, 0.3) is 11.0 Å². The fourth-order valence-electron chi connectivity index (χ4n) is 1.54. The molecule has 3 nitrogen and oxygen atoms in total. The van der Waals surface area contributed by atoms with Crippen molar-refractivity contribution in [1.82, 2.24) is 0 Å². The maximum Gasteiger partial charge on any atom is 0.449 e. The maximum atomic E-state index is 12.4. The van der Waals surface area contributed by atoms with Gasteiger partial charge in [-0.25, -0.2) is 0 Å². The molecule has 0 saturated heterocycles. The van der Waals surface area contributed by atoms with Gasteiger partial charge in [-0.05, 0) is 23.8 Å². The predicted octanol–water partition coefficient (Wildman–Crippen LogP) is 2.44. The molecule has 0 spiro atoms. The van der Waals surface area contributed by atoms with E-state index in [0.29, 0.717) is 10.9 Å². The lowest BCUT2D eigenvalue weighted by Gasteiger charge is -2.07. The number of hydrogen-bond donors (Lipinski definition) is 2. The Morgan fingerprint density at radius 1 is 1.29 bits per heavy atom. The van der Waals surface area contributed by atoms with Crippen LogP contribution in [0.2, 0.25) is 0 Å². The Labute approximate surface area is 94.6 Å². The molecule has 17 heavy (non-hydrogen) atoms. The molecule has 0 saturated carbocycles. The summed E-state index contributed by atoms with van der Waals surface area (Å²) in [5.41, 5.74) is 6.28. The third-order valence-electron chi connectivity index (χ3n) is 2.44. The summed E-state index contributed by atoms with van der Waals surface area (Å²) in [7, 11) is 0. The zero-order valence-corrected chi connectivity index (χ0v) is 8.66. The lowest BCUT2D eigenvalue weighted by Crippen LogP contribution is -2.13. The van der Waals surface area contributed by atoms with Crippen molar-refractivity contribution in [2.45, 2.75) is 12.2 Å². The van der Waals surface area contributed by atoms with E-state index in [-0.39, 0.29) is 12.2 Å². The van der Waals surface area contributed by atoms with Crippen molar-refractivity contribution in [2.24, 2.45) is 5.73 Å². The molecular weight excluding hydrogens is 235 g/mol. The van der Waals surface area contributed by atoms with Gasteiger partial charge in [-0.3, -0.25) is 0 Å². The minimum Gasteiger partial charge on any atom is -0.452 e. The van der Waals surface area contributed by atoms with Crippen LogP contribution in [0.15, 0.2) is 28.7 Å². The molecule has 1 aromatic heterocycles. The number of nitrogens with two attached hydrogens (primary N) is 1.